The number of aromatic nitrogens is 1. The molecule has 6 heteroatoms. The highest BCUT2D eigenvalue weighted by molar-refractivity contribution is 7.89. The molecule has 1 aliphatic heterocycles. The van der Waals surface area contributed by atoms with Gasteiger partial charge < -0.3 is 10.1 Å². The maximum Gasteiger partial charge on any atom is 0.243 e. The van der Waals surface area contributed by atoms with Crippen LogP contribution in [0.4, 0.5) is 0 Å². The minimum Gasteiger partial charge on any atom is -0.389 e. The molecular weight excluding hydrogens is 264 g/mol. The fourth-order valence-electron chi connectivity index (χ4n) is 2.45. The molecule has 3 rings (SSSR count). The topological polar surface area (TPSA) is 73.4 Å². The molecule has 19 heavy (non-hydrogen) atoms. The first kappa shape index (κ1) is 12.7. The van der Waals surface area contributed by atoms with Crippen LogP contribution < -0.4 is 0 Å². The van der Waals surface area contributed by atoms with E-state index in [9.17, 15) is 13.5 Å². The van der Waals surface area contributed by atoms with E-state index in [0.717, 1.165) is 10.9 Å². The molecule has 0 saturated carbocycles. The molecule has 0 amide bonds. The summed E-state index contributed by atoms with van der Waals surface area (Å²) in [4.78, 5) is 3.27. The normalized spacial score (nSPS) is 25.2. The number of β-amino-alcohol motifs (C(OH)–C–C–N with tert-alkyl or cyclic N) is 1. The summed E-state index contributed by atoms with van der Waals surface area (Å²) in [6.07, 6.45) is 2.25. The Kier molecular flexibility index (Phi) is 2.70. The van der Waals surface area contributed by atoms with Gasteiger partial charge in [0.1, 0.15) is 0 Å². The van der Waals surface area contributed by atoms with Crippen molar-refractivity contribution in [2.45, 2.75) is 23.8 Å². The number of aliphatic hydroxyl groups is 1. The lowest BCUT2D eigenvalue weighted by atomic mass is 10.1. The van der Waals surface area contributed by atoms with Crippen LogP contribution in [0.2, 0.25) is 0 Å². The molecule has 2 aromatic rings. The predicted molar refractivity (Wildman–Crippen MR) is 72.3 cm³/mol. The van der Waals surface area contributed by atoms with Crippen LogP contribution >= 0.6 is 0 Å². The third kappa shape index (κ3) is 2.16. The van der Waals surface area contributed by atoms with Crippen molar-refractivity contribution in [2.24, 2.45) is 0 Å². The lowest BCUT2D eigenvalue weighted by molar-refractivity contribution is 0.0762. The van der Waals surface area contributed by atoms with Gasteiger partial charge in [0.05, 0.1) is 10.5 Å². The second kappa shape index (κ2) is 4.06. The van der Waals surface area contributed by atoms with Gasteiger partial charge in [0.2, 0.25) is 10.0 Å². The lowest BCUT2D eigenvalue weighted by Gasteiger charge is -2.19. The molecule has 1 aromatic heterocycles. The monoisotopic (exact) mass is 280 g/mol. The highest BCUT2D eigenvalue weighted by atomic mass is 32.2. The van der Waals surface area contributed by atoms with Gasteiger partial charge in [-0.15, -0.1) is 0 Å². The lowest BCUT2D eigenvalue weighted by Crippen LogP contribution is -2.33. The van der Waals surface area contributed by atoms with Gasteiger partial charge in [0.15, 0.2) is 0 Å². The molecule has 2 N–H and O–H groups in total. The van der Waals surface area contributed by atoms with Gasteiger partial charge in [-0.2, -0.15) is 4.31 Å². The second-order valence-corrected chi connectivity index (χ2v) is 7.25. The van der Waals surface area contributed by atoms with Crippen molar-refractivity contribution < 1.29 is 13.5 Å². The van der Waals surface area contributed by atoms with Crippen molar-refractivity contribution in [3.05, 3.63) is 30.5 Å². The quantitative estimate of drug-likeness (QED) is 0.871. The number of aromatic amines is 1. The third-order valence-electron chi connectivity index (χ3n) is 3.58. The number of benzene rings is 1. The van der Waals surface area contributed by atoms with E-state index in [1.54, 1.807) is 31.3 Å². The number of nitrogens with zero attached hydrogens (tertiary/aromatic N) is 1. The molecular formula is C13H16N2O3S. The maximum atomic E-state index is 12.5. The molecule has 0 bridgehead atoms. The maximum absolute atomic E-state index is 12.5. The van der Waals surface area contributed by atoms with Crippen LogP contribution in [-0.2, 0) is 10.0 Å². The number of rotatable bonds is 2. The van der Waals surface area contributed by atoms with Gasteiger partial charge in [-0.3, -0.25) is 0 Å². The number of hydrogen-bond donors (Lipinski definition) is 2. The van der Waals surface area contributed by atoms with Gasteiger partial charge in [0.25, 0.3) is 0 Å². The molecule has 1 saturated heterocycles. The van der Waals surface area contributed by atoms with Gasteiger partial charge in [-0.25, -0.2) is 8.42 Å². The number of sulfonamides is 1. The van der Waals surface area contributed by atoms with E-state index >= 15 is 0 Å². The van der Waals surface area contributed by atoms with Crippen LogP contribution in [0, 0.1) is 0 Å². The first-order valence-corrected chi connectivity index (χ1v) is 7.62. The molecule has 0 aliphatic carbocycles. The molecule has 2 heterocycles. The van der Waals surface area contributed by atoms with Gasteiger partial charge in [-0.05, 0) is 36.9 Å². The van der Waals surface area contributed by atoms with Crippen LogP contribution in [-0.4, -0.2) is 41.5 Å². The summed E-state index contributed by atoms with van der Waals surface area (Å²) >= 11 is 0. The fraction of sp³-hybridized carbons (Fsp3) is 0.385. The Morgan fingerprint density at radius 3 is 2.84 bits per heavy atom. The number of nitrogens with one attached hydrogen (secondary N) is 1. The Morgan fingerprint density at radius 2 is 2.16 bits per heavy atom. The summed E-state index contributed by atoms with van der Waals surface area (Å²) in [5.41, 5.74) is -0.129. The smallest absolute Gasteiger partial charge is 0.243 e. The number of hydrogen-bond acceptors (Lipinski definition) is 3. The van der Waals surface area contributed by atoms with Crippen molar-refractivity contribution in [3.63, 3.8) is 0 Å². The molecule has 0 radical (unpaired) electrons. The summed E-state index contributed by atoms with van der Waals surface area (Å²) in [6.45, 7) is 2.17. The van der Waals surface area contributed by atoms with Crippen LogP contribution in [0.3, 0.4) is 0 Å². The first-order valence-electron chi connectivity index (χ1n) is 6.18. The Morgan fingerprint density at radius 1 is 1.37 bits per heavy atom. The minimum atomic E-state index is -3.53. The highest BCUT2D eigenvalue weighted by Crippen LogP contribution is 2.28. The van der Waals surface area contributed by atoms with Gasteiger partial charge in [0, 0.05) is 24.8 Å². The molecule has 1 aliphatic rings. The van der Waals surface area contributed by atoms with E-state index in [0.29, 0.717) is 13.0 Å². The molecule has 1 fully saturated rings. The molecule has 5 nitrogen and oxygen atoms in total. The summed E-state index contributed by atoms with van der Waals surface area (Å²) < 4.78 is 26.3. The van der Waals surface area contributed by atoms with Crippen molar-refractivity contribution >= 4 is 20.9 Å². The average molecular weight is 280 g/mol. The zero-order chi connectivity index (χ0) is 13.7. The Labute approximate surface area is 111 Å². The Hall–Kier alpha value is -1.37. The van der Waals surface area contributed by atoms with Gasteiger partial charge in [-0.1, -0.05) is 6.07 Å². The van der Waals surface area contributed by atoms with E-state index in [4.69, 9.17) is 0 Å². The highest BCUT2D eigenvalue weighted by Gasteiger charge is 2.38. The van der Waals surface area contributed by atoms with Crippen LogP contribution in [0.15, 0.2) is 35.4 Å². The first-order chi connectivity index (χ1) is 8.88. The minimum absolute atomic E-state index is 0.151. The van der Waals surface area contributed by atoms with E-state index < -0.39 is 15.6 Å². The largest absolute Gasteiger partial charge is 0.389 e. The second-order valence-electron chi connectivity index (χ2n) is 5.31. The summed E-state index contributed by atoms with van der Waals surface area (Å²) in [7, 11) is -3.53. The van der Waals surface area contributed by atoms with Crippen molar-refractivity contribution in [1.29, 1.82) is 0 Å². The number of fused-ring (bicyclic) bond motifs is 1. The molecule has 1 unspecified atom stereocenters. The van der Waals surface area contributed by atoms with Crippen LogP contribution in [0.25, 0.3) is 10.9 Å². The van der Waals surface area contributed by atoms with E-state index in [1.807, 2.05) is 6.07 Å². The van der Waals surface area contributed by atoms with Crippen LogP contribution in [0.1, 0.15) is 13.3 Å². The average Bonchev–Trinajstić information content (AvgIpc) is 2.94. The third-order valence-corrected chi connectivity index (χ3v) is 5.42. The molecule has 102 valence electrons. The number of H-pyrrole nitrogens is 1. The van der Waals surface area contributed by atoms with Crippen molar-refractivity contribution in [3.8, 4) is 0 Å². The summed E-state index contributed by atoms with van der Waals surface area (Å²) in [5.74, 6) is 0. The Bertz CT molecular complexity index is 718. The zero-order valence-corrected chi connectivity index (χ0v) is 11.4. The fourth-order valence-corrected chi connectivity index (χ4v) is 4.03. The SMILES string of the molecule is CC1(O)CCN(S(=O)(=O)c2ccc3cc[nH]c3c2)C1. The molecule has 1 atom stereocenters. The van der Waals surface area contributed by atoms with E-state index in [1.165, 1.54) is 4.31 Å². The summed E-state index contributed by atoms with van der Waals surface area (Å²) in [5, 5.41) is 10.9. The summed E-state index contributed by atoms with van der Waals surface area (Å²) in [6, 6.07) is 6.93. The van der Waals surface area contributed by atoms with Crippen molar-refractivity contribution in [2.75, 3.05) is 13.1 Å². The standard InChI is InChI=1S/C13H16N2O3S/c1-13(16)5-7-15(9-13)19(17,18)11-3-2-10-4-6-14-12(10)8-11/h2-4,6,8,14,16H,5,7,9H2,1H3. The van der Waals surface area contributed by atoms with E-state index in [2.05, 4.69) is 4.98 Å². The van der Waals surface area contributed by atoms with Crippen molar-refractivity contribution in [1.82, 2.24) is 9.29 Å². The Balaban J connectivity index is 2.00. The zero-order valence-electron chi connectivity index (χ0n) is 10.6. The predicted octanol–water partition coefficient (Wildman–Crippen LogP) is 1.31. The van der Waals surface area contributed by atoms with Crippen LogP contribution in [0.5, 0.6) is 0 Å². The van der Waals surface area contributed by atoms with E-state index in [-0.39, 0.29) is 11.4 Å². The van der Waals surface area contributed by atoms with Gasteiger partial charge >= 0.3 is 0 Å². The molecule has 1 aromatic carbocycles. The molecule has 0 spiro atoms.